The van der Waals surface area contributed by atoms with Gasteiger partial charge in [-0.1, -0.05) is 24.6 Å². The lowest BCUT2D eigenvalue weighted by atomic mass is 10.0. The van der Waals surface area contributed by atoms with Gasteiger partial charge in [0.2, 0.25) is 0 Å². The Morgan fingerprint density at radius 2 is 2.15 bits per heavy atom. The number of thiol groups is 1. The molecule has 0 saturated carbocycles. The van der Waals surface area contributed by atoms with Crippen LogP contribution in [0.15, 0.2) is 18.2 Å². The van der Waals surface area contributed by atoms with Crippen molar-refractivity contribution in [2.24, 2.45) is 5.92 Å². The van der Waals surface area contributed by atoms with Gasteiger partial charge in [0, 0.05) is 0 Å². The first kappa shape index (κ1) is 10.5. The predicted octanol–water partition coefficient (Wildman–Crippen LogP) is 2.81. The van der Waals surface area contributed by atoms with Gasteiger partial charge in [-0.05, 0) is 36.6 Å². The van der Waals surface area contributed by atoms with Crippen LogP contribution in [0.3, 0.4) is 0 Å². The molecule has 0 aromatic heterocycles. The summed E-state index contributed by atoms with van der Waals surface area (Å²) < 4.78 is 0. The van der Waals surface area contributed by atoms with Crippen LogP contribution < -0.4 is 0 Å². The van der Waals surface area contributed by atoms with Crippen LogP contribution in [0.5, 0.6) is 5.75 Å². The third-order valence-corrected chi connectivity index (χ3v) is 2.74. The number of aryl methyl sites for hydroxylation is 1. The lowest BCUT2D eigenvalue weighted by molar-refractivity contribution is 0.463. The summed E-state index contributed by atoms with van der Waals surface area (Å²) in [4.78, 5) is 0. The molecule has 1 atom stereocenters. The Morgan fingerprint density at radius 1 is 1.46 bits per heavy atom. The second kappa shape index (κ2) is 4.56. The van der Waals surface area contributed by atoms with E-state index in [4.69, 9.17) is 0 Å². The van der Waals surface area contributed by atoms with E-state index in [0.29, 0.717) is 11.7 Å². The SMILES string of the molecule is Cc1ccc(O)c(CC(C)CS)c1. The molecule has 0 amide bonds. The molecule has 13 heavy (non-hydrogen) atoms. The molecule has 1 rings (SSSR count). The molecule has 2 heteroatoms. The second-order valence-corrected chi connectivity index (χ2v) is 3.99. The molecular formula is C11H16OS. The van der Waals surface area contributed by atoms with Crippen molar-refractivity contribution in [3.8, 4) is 5.75 Å². The van der Waals surface area contributed by atoms with E-state index in [9.17, 15) is 5.11 Å². The standard InChI is InChI=1S/C11H16OS/c1-8-3-4-11(12)10(5-8)6-9(2)7-13/h3-5,9,12-13H,6-7H2,1-2H3. The molecule has 0 spiro atoms. The molecule has 0 heterocycles. The summed E-state index contributed by atoms with van der Waals surface area (Å²) in [7, 11) is 0. The topological polar surface area (TPSA) is 20.2 Å². The molecule has 0 bridgehead atoms. The highest BCUT2D eigenvalue weighted by Crippen LogP contribution is 2.21. The maximum absolute atomic E-state index is 9.55. The molecule has 1 aromatic rings. The van der Waals surface area contributed by atoms with E-state index in [-0.39, 0.29) is 0 Å². The van der Waals surface area contributed by atoms with Gasteiger partial charge in [-0.15, -0.1) is 0 Å². The highest BCUT2D eigenvalue weighted by molar-refractivity contribution is 7.80. The molecule has 0 aliphatic carbocycles. The van der Waals surface area contributed by atoms with Crippen LogP contribution >= 0.6 is 12.6 Å². The van der Waals surface area contributed by atoms with Crippen molar-refractivity contribution >= 4 is 12.6 Å². The average Bonchev–Trinajstić information content (AvgIpc) is 2.11. The predicted molar refractivity (Wildman–Crippen MR) is 59.6 cm³/mol. The summed E-state index contributed by atoms with van der Waals surface area (Å²) >= 11 is 4.22. The number of hydrogen-bond donors (Lipinski definition) is 2. The molecule has 1 nitrogen and oxygen atoms in total. The Balaban J connectivity index is 2.81. The molecule has 0 radical (unpaired) electrons. The summed E-state index contributed by atoms with van der Waals surface area (Å²) in [5.74, 6) is 1.77. The van der Waals surface area contributed by atoms with Crippen LogP contribution in [0.1, 0.15) is 18.1 Å². The van der Waals surface area contributed by atoms with E-state index in [1.54, 1.807) is 6.07 Å². The summed E-state index contributed by atoms with van der Waals surface area (Å²) in [6.07, 6.45) is 0.900. The van der Waals surface area contributed by atoms with Crippen LogP contribution in [-0.4, -0.2) is 10.9 Å². The third kappa shape index (κ3) is 2.96. The molecule has 1 aromatic carbocycles. The number of aromatic hydroxyl groups is 1. The van der Waals surface area contributed by atoms with E-state index in [1.807, 2.05) is 19.1 Å². The van der Waals surface area contributed by atoms with E-state index < -0.39 is 0 Å². The van der Waals surface area contributed by atoms with Gasteiger partial charge in [-0.25, -0.2) is 0 Å². The van der Waals surface area contributed by atoms with Crippen molar-refractivity contribution < 1.29 is 5.11 Å². The maximum atomic E-state index is 9.55. The van der Waals surface area contributed by atoms with Gasteiger partial charge in [-0.2, -0.15) is 12.6 Å². The summed E-state index contributed by atoms with van der Waals surface area (Å²) in [5, 5.41) is 9.55. The number of phenols is 1. The highest BCUT2D eigenvalue weighted by Gasteiger charge is 2.05. The molecule has 0 saturated heterocycles. The molecular weight excluding hydrogens is 180 g/mol. The first-order valence-electron chi connectivity index (χ1n) is 4.53. The van der Waals surface area contributed by atoms with Crippen molar-refractivity contribution in [2.75, 3.05) is 5.75 Å². The second-order valence-electron chi connectivity index (χ2n) is 3.62. The van der Waals surface area contributed by atoms with Gasteiger partial charge in [0.25, 0.3) is 0 Å². The Morgan fingerprint density at radius 3 is 2.77 bits per heavy atom. The fourth-order valence-corrected chi connectivity index (χ4v) is 1.45. The van der Waals surface area contributed by atoms with Crippen LogP contribution in [0.2, 0.25) is 0 Å². The van der Waals surface area contributed by atoms with Crippen LogP contribution in [0.4, 0.5) is 0 Å². The zero-order valence-electron chi connectivity index (χ0n) is 8.12. The molecule has 0 aliphatic rings. The normalized spacial score (nSPS) is 12.8. The first-order chi connectivity index (χ1) is 6.13. The molecule has 1 N–H and O–H groups in total. The smallest absolute Gasteiger partial charge is 0.118 e. The molecule has 0 fully saturated rings. The zero-order chi connectivity index (χ0) is 9.84. The zero-order valence-corrected chi connectivity index (χ0v) is 9.01. The van der Waals surface area contributed by atoms with Gasteiger partial charge in [0.1, 0.15) is 5.75 Å². The molecule has 1 unspecified atom stereocenters. The van der Waals surface area contributed by atoms with Gasteiger partial charge >= 0.3 is 0 Å². The van der Waals surface area contributed by atoms with E-state index in [2.05, 4.69) is 19.6 Å². The van der Waals surface area contributed by atoms with E-state index in [0.717, 1.165) is 17.7 Å². The van der Waals surface area contributed by atoms with Crippen molar-refractivity contribution in [3.63, 3.8) is 0 Å². The fraction of sp³-hybridized carbons (Fsp3) is 0.455. The lowest BCUT2D eigenvalue weighted by Gasteiger charge is -2.10. The number of phenolic OH excluding ortho intramolecular Hbond substituents is 1. The Hall–Kier alpha value is -0.630. The van der Waals surface area contributed by atoms with E-state index >= 15 is 0 Å². The summed E-state index contributed by atoms with van der Waals surface area (Å²) in [6.45, 7) is 4.17. The highest BCUT2D eigenvalue weighted by atomic mass is 32.1. The Bertz CT molecular complexity index is 283. The first-order valence-corrected chi connectivity index (χ1v) is 5.16. The minimum atomic E-state index is 0.402. The monoisotopic (exact) mass is 196 g/mol. The van der Waals surface area contributed by atoms with Crippen LogP contribution in [0, 0.1) is 12.8 Å². The van der Waals surface area contributed by atoms with Crippen molar-refractivity contribution in [1.29, 1.82) is 0 Å². The van der Waals surface area contributed by atoms with E-state index in [1.165, 1.54) is 5.56 Å². The van der Waals surface area contributed by atoms with Gasteiger partial charge in [-0.3, -0.25) is 0 Å². The number of rotatable bonds is 3. The number of benzene rings is 1. The minimum Gasteiger partial charge on any atom is -0.508 e. The Labute approximate surface area is 85.2 Å². The summed E-state index contributed by atoms with van der Waals surface area (Å²) in [5.41, 5.74) is 2.22. The average molecular weight is 196 g/mol. The van der Waals surface area contributed by atoms with Gasteiger partial charge in [0.15, 0.2) is 0 Å². The maximum Gasteiger partial charge on any atom is 0.118 e. The van der Waals surface area contributed by atoms with Crippen LogP contribution in [0.25, 0.3) is 0 Å². The van der Waals surface area contributed by atoms with Crippen molar-refractivity contribution in [1.82, 2.24) is 0 Å². The number of hydrogen-bond acceptors (Lipinski definition) is 2. The molecule has 0 aliphatic heterocycles. The Kier molecular flexibility index (Phi) is 3.67. The van der Waals surface area contributed by atoms with Crippen LogP contribution in [-0.2, 0) is 6.42 Å². The van der Waals surface area contributed by atoms with Crippen molar-refractivity contribution in [2.45, 2.75) is 20.3 Å². The lowest BCUT2D eigenvalue weighted by Crippen LogP contribution is -2.01. The fourth-order valence-electron chi connectivity index (χ4n) is 1.32. The van der Waals surface area contributed by atoms with Gasteiger partial charge < -0.3 is 5.11 Å². The van der Waals surface area contributed by atoms with Crippen molar-refractivity contribution in [3.05, 3.63) is 29.3 Å². The quantitative estimate of drug-likeness (QED) is 0.712. The largest absolute Gasteiger partial charge is 0.508 e. The van der Waals surface area contributed by atoms with Gasteiger partial charge in [0.05, 0.1) is 0 Å². The molecule has 72 valence electrons. The third-order valence-electron chi connectivity index (χ3n) is 2.12. The summed E-state index contributed by atoms with van der Waals surface area (Å²) in [6, 6.07) is 5.72. The minimum absolute atomic E-state index is 0.402.